The van der Waals surface area contributed by atoms with Crippen LogP contribution in [0.5, 0.6) is 0 Å². The van der Waals surface area contributed by atoms with Gasteiger partial charge in [0.05, 0.1) is 11.6 Å². The van der Waals surface area contributed by atoms with Crippen LogP contribution in [-0.4, -0.2) is 18.4 Å². The highest BCUT2D eigenvalue weighted by Gasteiger charge is 2.36. The van der Waals surface area contributed by atoms with Gasteiger partial charge in [0.15, 0.2) is 17.5 Å². The molecule has 0 aliphatic carbocycles. The van der Waals surface area contributed by atoms with Crippen molar-refractivity contribution < 1.29 is 27.2 Å². The average Bonchev–Trinajstić information content (AvgIpc) is 3.01. The molecule has 1 saturated heterocycles. The van der Waals surface area contributed by atoms with Crippen molar-refractivity contribution in [3.8, 4) is 0 Å². The van der Waals surface area contributed by atoms with Gasteiger partial charge in [0, 0.05) is 19.5 Å². The summed E-state index contributed by atoms with van der Waals surface area (Å²) in [5.74, 6) is -6.64. The molecule has 1 unspecified atom stereocenters. The van der Waals surface area contributed by atoms with Gasteiger partial charge in [-0.3, -0.25) is 9.59 Å². The molecule has 4 nitrogen and oxygen atoms in total. The largest absolute Gasteiger partial charge is 0.352 e. The van der Waals surface area contributed by atoms with Crippen LogP contribution in [0, 0.1) is 29.2 Å². The summed E-state index contributed by atoms with van der Waals surface area (Å²) in [5, 5.41) is 2.62. The third-order valence-corrected chi connectivity index (χ3v) is 4.18. The zero-order valence-electron chi connectivity index (χ0n) is 13.4. The van der Waals surface area contributed by atoms with Crippen LogP contribution in [0.25, 0.3) is 0 Å². The Hall–Kier alpha value is -2.90. The molecule has 0 saturated carbocycles. The van der Waals surface area contributed by atoms with Gasteiger partial charge in [-0.15, -0.1) is 0 Å². The Labute approximate surface area is 146 Å². The summed E-state index contributed by atoms with van der Waals surface area (Å²) in [6, 6.07) is 7.23. The average molecular weight is 366 g/mol. The fourth-order valence-corrected chi connectivity index (χ4v) is 2.78. The van der Waals surface area contributed by atoms with Crippen LogP contribution in [0.2, 0.25) is 0 Å². The number of nitrogens with one attached hydrogen (secondary N) is 1. The molecular formula is C18H14F4N2O2. The molecule has 3 rings (SSSR count). The van der Waals surface area contributed by atoms with Crippen LogP contribution < -0.4 is 10.2 Å². The Morgan fingerprint density at radius 2 is 1.73 bits per heavy atom. The molecule has 1 N–H and O–H groups in total. The van der Waals surface area contributed by atoms with E-state index in [1.807, 2.05) is 0 Å². The number of rotatable bonds is 4. The summed E-state index contributed by atoms with van der Waals surface area (Å²) in [6.07, 6.45) is -0.173. The van der Waals surface area contributed by atoms with Crippen molar-refractivity contribution in [2.75, 3.05) is 11.4 Å². The van der Waals surface area contributed by atoms with Crippen molar-refractivity contribution in [3.63, 3.8) is 0 Å². The third kappa shape index (κ3) is 3.54. The van der Waals surface area contributed by atoms with Gasteiger partial charge in [0.1, 0.15) is 5.82 Å². The minimum atomic E-state index is -1.67. The van der Waals surface area contributed by atoms with Crippen LogP contribution in [0.15, 0.2) is 36.4 Å². The number of nitrogens with zero attached hydrogens (tertiary/aromatic N) is 1. The van der Waals surface area contributed by atoms with Crippen molar-refractivity contribution in [2.45, 2.75) is 13.0 Å². The number of benzene rings is 2. The molecule has 136 valence electrons. The van der Waals surface area contributed by atoms with Crippen LogP contribution in [0.1, 0.15) is 12.0 Å². The lowest BCUT2D eigenvalue weighted by Crippen LogP contribution is -2.33. The van der Waals surface area contributed by atoms with Crippen LogP contribution in [0.3, 0.4) is 0 Å². The molecule has 1 atom stereocenters. The SMILES string of the molecule is O=C(NCc1ccc(F)cc1)C1CC(=O)N(c2ccc(F)c(F)c2F)C1. The first-order valence-corrected chi connectivity index (χ1v) is 7.83. The van der Waals surface area contributed by atoms with Crippen molar-refractivity contribution in [2.24, 2.45) is 5.92 Å². The Morgan fingerprint density at radius 1 is 1.04 bits per heavy atom. The normalized spacial score (nSPS) is 16.8. The lowest BCUT2D eigenvalue weighted by molar-refractivity contribution is -0.126. The second-order valence-electron chi connectivity index (χ2n) is 5.94. The van der Waals surface area contributed by atoms with E-state index >= 15 is 0 Å². The number of amides is 2. The second kappa shape index (κ2) is 7.15. The van der Waals surface area contributed by atoms with E-state index in [1.54, 1.807) is 0 Å². The van der Waals surface area contributed by atoms with Gasteiger partial charge in [-0.25, -0.2) is 17.6 Å². The molecular weight excluding hydrogens is 352 g/mol. The third-order valence-electron chi connectivity index (χ3n) is 4.18. The zero-order valence-corrected chi connectivity index (χ0v) is 13.4. The molecule has 1 aliphatic rings. The molecule has 1 heterocycles. The van der Waals surface area contributed by atoms with Crippen LogP contribution >= 0.6 is 0 Å². The molecule has 0 radical (unpaired) electrons. The molecule has 2 aromatic rings. The van der Waals surface area contributed by atoms with Crippen molar-refractivity contribution in [3.05, 3.63) is 65.2 Å². The summed E-state index contributed by atoms with van der Waals surface area (Å²) in [4.78, 5) is 25.2. The fourth-order valence-electron chi connectivity index (χ4n) is 2.78. The molecule has 1 fully saturated rings. The highest BCUT2D eigenvalue weighted by Crippen LogP contribution is 2.29. The van der Waals surface area contributed by atoms with E-state index in [4.69, 9.17) is 0 Å². The molecule has 26 heavy (non-hydrogen) atoms. The predicted molar refractivity (Wildman–Crippen MR) is 85.0 cm³/mol. The smallest absolute Gasteiger partial charge is 0.227 e. The molecule has 8 heteroatoms. The summed E-state index contributed by atoms with van der Waals surface area (Å²) < 4.78 is 53.1. The molecule has 0 bridgehead atoms. The minimum Gasteiger partial charge on any atom is -0.352 e. The van der Waals surface area contributed by atoms with Gasteiger partial charge in [-0.1, -0.05) is 12.1 Å². The van der Waals surface area contributed by atoms with E-state index in [9.17, 15) is 27.2 Å². The number of carbonyl (C=O) groups is 2. The second-order valence-corrected chi connectivity index (χ2v) is 5.94. The van der Waals surface area contributed by atoms with Gasteiger partial charge in [0.2, 0.25) is 11.8 Å². The number of carbonyl (C=O) groups excluding carboxylic acids is 2. The van der Waals surface area contributed by atoms with E-state index in [0.29, 0.717) is 5.56 Å². The fraction of sp³-hybridized carbons (Fsp3) is 0.222. The maximum Gasteiger partial charge on any atom is 0.227 e. The first-order valence-electron chi connectivity index (χ1n) is 7.83. The monoisotopic (exact) mass is 366 g/mol. The van der Waals surface area contributed by atoms with E-state index in [0.717, 1.165) is 17.0 Å². The Kier molecular flexibility index (Phi) is 4.92. The highest BCUT2D eigenvalue weighted by atomic mass is 19.2. The highest BCUT2D eigenvalue weighted by molar-refractivity contribution is 6.00. The van der Waals surface area contributed by atoms with Crippen molar-refractivity contribution in [1.82, 2.24) is 5.32 Å². The summed E-state index contributed by atoms with van der Waals surface area (Å²) in [6.45, 7) is -0.000577. The number of anilines is 1. The summed E-state index contributed by atoms with van der Waals surface area (Å²) >= 11 is 0. The van der Waals surface area contributed by atoms with Gasteiger partial charge in [-0.2, -0.15) is 0 Å². The lowest BCUT2D eigenvalue weighted by Gasteiger charge is -2.18. The summed E-state index contributed by atoms with van der Waals surface area (Å²) in [7, 11) is 0. The van der Waals surface area contributed by atoms with E-state index in [-0.39, 0.29) is 19.5 Å². The van der Waals surface area contributed by atoms with Gasteiger partial charge in [-0.05, 0) is 29.8 Å². The topological polar surface area (TPSA) is 49.4 Å². The van der Waals surface area contributed by atoms with Crippen LogP contribution in [0.4, 0.5) is 23.2 Å². The first kappa shape index (κ1) is 17.9. The van der Waals surface area contributed by atoms with E-state index < -0.39 is 46.7 Å². The Morgan fingerprint density at radius 3 is 2.42 bits per heavy atom. The lowest BCUT2D eigenvalue weighted by atomic mass is 10.1. The Bertz CT molecular complexity index is 855. The van der Waals surface area contributed by atoms with Gasteiger partial charge < -0.3 is 10.2 Å². The number of hydrogen-bond acceptors (Lipinski definition) is 2. The Balaban J connectivity index is 1.66. The molecule has 2 amide bonds. The zero-order chi connectivity index (χ0) is 18.8. The molecule has 0 spiro atoms. The molecule has 0 aromatic heterocycles. The van der Waals surface area contributed by atoms with Gasteiger partial charge in [0.25, 0.3) is 0 Å². The van der Waals surface area contributed by atoms with Gasteiger partial charge >= 0.3 is 0 Å². The standard InChI is InChI=1S/C18H14F4N2O2/c19-12-3-1-10(2-4-12)8-23-18(26)11-7-15(25)24(9-11)14-6-5-13(20)16(21)17(14)22/h1-6,11H,7-9H2,(H,23,26). The maximum absolute atomic E-state index is 13.9. The van der Waals surface area contributed by atoms with E-state index in [2.05, 4.69) is 5.32 Å². The quantitative estimate of drug-likeness (QED) is 0.668. The van der Waals surface area contributed by atoms with Crippen molar-refractivity contribution in [1.29, 1.82) is 0 Å². The minimum absolute atomic E-state index is 0.142. The summed E-state index contributed by atoms with van der Waals surface area (Å²) in [5.41, 5.74) is 0.273. The molecule has 1 aliphatic heterocycles. The maximum atomic E-state index is 13.9. The van der Waals surface area contributed by atoms with Crippen molar-refractivity contribution >= 4 is 17.5 Å². The number of hydrogen-bond donors (Lipinski definition) is 1. The predicted octanol–water partition coefficient (Wildman–Crippen LogP) is 2.91. The number of halogens is 4. The van der Waals surface area contributed by atoms with Crippen LogP contribution in [-0.2, 0) is 16.1 Å². The molecule has 2 aromatic carbocycles. The van der Waals surface area contributed by atoms with E-state index in [1.165, 1.54) is 24.3 Å². The first-order chi connectivity index (χ1) is 12.4.